The van der Waals surface area contributed by atoms with Crippen molar-refractivity contribution in [2.45, 2.75) is 6.54 Å². The third-order valence-corrected chi connectivity index (χ3v) is 4.46. The van der Waals surface area contributed by atoms with E-state index in [0.29, 0.717) is 5.02 Å². The van der Waals surface area contributed by atoms with Crippen LogP contribution in [0.3, 0.4) is 0 Å². The lowest BCUT2D eigenvalue weighted by Crippen LogP contribution is -2.17. The van der Waals surface area contributed by atoms with Crippen molar-refractivity contribution >= 4 is 60.6 Å². The van der Waals surface area contributed by atoms with Gasteiger partial charge in [0.1, 0.15) is 5.82 Å². The molecule has 0 N–H and O–H groups in total. The summed E-state index contributed by atoms with van der Waals surface area (Å²) in [5.74, 6) is 0.789. The maximum atomic E-state index is 6.15. The number of rotatable bonds is 3. The van der Waals surface area contributed by atoms with Gasteiger partial charge in [-0.1, -0.05) is 11.6 Å². The topological polar surface area (TPSA) is 16.1 Å². The van der Waals surface area contributed by atoms with Crippen molar-refractivity contribution in [1.82, 2.24) is 4.98 Å². The van der Waals surface area contributed by atoms with Crippen LogP contribution in [0, 0.1) is 0 Å². The first-order chi connectivity index (χ1) is 8.06. The molecule has 90 valence electrons. The highest BCUT2D eigenvalue weighted by Gasteiger charge is 2.09. The van der Waals surface area contributed by atoms with Crippen molar-refractivity contribution in [3.8, 4) is 0 Å². The molecule has 6 heteroatoms. The summed E-state index contributed by atoms with van der Waals surface area (Å²) in [7, 11) is 1.98. The fraction of sp³-hybridized carbons (Fsp3) is 0.182. The normalized spacial score (nSPS) is 10.6. The Morgan fingerprint density at radius 1 is 1.41 bits per heavy atom. The van der Waals surface area contributed by atoms with Crippen LogP contribution in [0.25, 0.3) is 0 Å². The molecule has 2 heterocycles. The van der Waals surface area contributed by atoms with Crippen molar-refractivity contribution in [1.29, 1.82) is 0 Å². The number of hydrogen-bond acceptors (Lipinski definition) is 3. The van der Waals surface area contributed by atoms with E-state index in [2.05, 4.69) is 48.3 Å². The van der Waals surface area contributed by atoms with E-state index in [-0.39, 0.29) is 0 Å². The summed E-state index contributed by atoms with van der Waals surface area (Å²) in [6.07, 6.45) is 1.75. The summed E-state index contributed by atoms with van der Waals surface area (Å²) >= 11 is 14.6. The molecule has 0 aliphatic heterocycles. The standard InChI is InChI=1S/C11H9Br2ClN2S/c1-16(5-7-2-10(13)17-6-7)11-9(14)3-8(12)4-15-11/h2-4,6H,5H2,1H3. The van der Waals surface area contributed by atoms with Crippen LogP contribution in [-0.2, 0) is 6.54 Å². The molecule has 0 spiro atoms. The predicted molar refractivity (Wildman–Crippen MR) is 81.1 cm³/mol. The van der Waals surface area contributed by atoms with Crippen LogP contribution in [-0.4, -0.2) is 12.0 Å². The van der Waals surface area contributed by atoms with Crippen molar-refractivity contribution in [2.24, 2.45) is 0 Å². The molecule has 0 amide bonds. The third-order valence-electron chi connectivity index (χ3n) is 2.19. The van der Waals surface area contributed by atoms with E-state index in [9.17, 15) is 0 Å². The minimum absolute atomic E-state index is 0.649. The molecule has 2 nitrogen and oxygen atoms in total. The molecular formula is C11H9Br2ClN2S. The molecule has 2 aromatic heterocycles. The lowest BCUT2D eigenvalue weighted by atomic mass is 10.3. The number of nitrogens with zero attached hydrogens (tertiary/aromatic N) is 2. The van der Waals surface area contributed by atoms with Gasteiger partial charge in [0, 0.05) is 24.3 Å². The molecule has 2 rings (SSSR count). The van der Waals surface area contributed by atoms with Gasteiger partial charge in [-0.05, 0) is 54.9 Å². The number of aromatic nitrogens is 1. The Labute approximate surface area is 126 Å². The maximum Gasteiger partial charge on any atom is 0.147 e. The molecule has 2 aromatic rings. The van der Waals surface area contributed by atoms with E-state index >= 15 is 0 Å². The Kier molecular flexibility index (Phi) is 4.47. The van der Waals surface area contributed by atoms with Crippen LogP contribution in [0.2, 0.25) is 5.02 Å². The van der Waals surface area contributed by atoms with Crippen molar-refractivity contribution in [2.75, 3.05) is 11.9 Å². The summed E-state index contributed by atoms with van der Waals surface area (Å²) in [5, 5.41) is 2.77. The highest BCUT2D eigenvalue weighted by molar-refractivity contribution is 9.11. The summed E-state index contributed by atoms with van der Waals surface area (Å²) in [6.45, 7) is 0.788. The molecule has 0 aliphatic carbocycles. The van der Waals surface area contributed by atoms with Crippen LogP contribution >= 0.6 is 54.8 Å². The Morgan fingerprint density at radius 2 is 2.18 bits per heavy atom. The van der Waals surface area contributed by atoms with E-state index in [1.165, 1.54) is 5.56 Å². The van der Waals surface area contributed by atoms with Crippen LogP contribution < -0.4 is 4.90 Å². The molecular weight excluding hydrogens is 387 g/mol. The Morgan fingerprint density at radius 3 is 2.76 bits per heavy atom. The summed E-state index contributed by atoms with van der Waals surface area (Å²) in [4.78, 5) is 6.35. The predicted octanol–water partition coefficient (Wildman–Crippen LogP) is 4.96. The lowest BCUT2D eigenvalue weighted by molar-refractivity contribution is 0.901. The van der Waals surface area contributed by atoms with Crippen LogP contribution in [0.1, 0.15) is 5.56 Å². The van der Waals surface area contributed by atoms with Crippen molar-refractivity contribution in [3.63, 3.8) is 0 Å². The zero-order valence-corrected chi connectivity index (χ0v) is 13.7. The monoisotopic (exact) mass is 394 g/mol. The average molecular weight is 397 g/mol. The van der Waals surface area contributed by atoms with Crippen molar-refractivity contribution < 1.29 is 0 Å². The second-order valence-electron chi connectivity index (χ2n) is 3.57. The molecule has 17 heavy (non-hydrogen) atoms. The minimum atomic E-state index is 0.649. The number of anilines is 1. The minimum Gasteiger partial charge on any atom is -0.354 e. The van der Waals surface area contributed by atoms with Crippen LogP contribution in [0.5, 0.6) is 0 Å². The number of hydrogen-bond donors (Lipinski definition) is 0. The smallest absolute Gasteiger partial charge is 0.147 e. The molecule has 0 saturated carbocycles. The van der Waals surface area contributed by atoms with Gasteiger partial charge in [0.15, 0.2) is 0 Å². The molecule has 0 aromatic carbocycles. The zero-order chi connectivity index (χ0) is 12.4. The highest BCUT2D eigenvalue weighted by atomic mass is 79.9. The Hall–Kier alpha value is -0.100. The van der Waals surface area contributed by atoms with Crippen LogP contribution in [0.4, 0.5) is 5.82 Å². The maximum absolute atomic E-state index is 6.15. The molecule has 0 atom stereocenters. The van der Waals surface area contributed by atoms with Gasteiger partial charge in [0.2, 0.25) is 0 Å². The van der Waals surface area contributed by atoms with E-state index < -0.39 is 0 Å². The fourth-order valence-corrected chi connectivity index (χ4v) is 3.44. The lowest BCUT2D eigenvalue weighted by Gasteiger charge is -2.18. The molecule has 0 aliphatic rings. The van der Waals surface area contributed by atoms with Gasteiger partial charge >= 0.3 is 0 Å². The molecule has 0 saturated heterocycles. The van der Waals surface area contributed by atoms with Gasteiger partial charge in [-0.25, -0.2) is 4.98 Å². The first-order valence-corrected chi connectivity index (χ1v) is 7.65. The largest absolute Gasteiger partial charge is 0.354 e. The SMILES string of the molecule is CN(Cc1csc(Br)c1)c1ncc(Br)cc1Cl. The van der Waals surface area contributed by atoms with Crippen molar-refractivity contribution in [3.05, 3.63) is 42.6 Å². The average Bonchev–Trinajstić information content (AvgIpc) is 2.63. The molecule has 0 unspecified atom stereocenters. The van der Waals surface area contributed by atoms with E-state index in [1.807, 2.05) is 18.0 Å². The highest BCUT2D eigenvalue weighted by Crippen LogP contribution is 2.28. The number of halogens is 3. The van der Waals surface area contributed by atoms with Gasteiger partial charge < -0.3 is 4.90 Å². The first kappa shape index (κ1) is 13.3. The molecule has 0 bridgehead atoms. The fourth-order valence-electron chi connectivity index (χ4n) is 1.47. The summed E-state index contributed by atoms with van der Waals surface area (Å²) in [5.41, 5.74) is 1.24. The quantitative estimate of drug-likeness (QED) is 0.729. The van der Waals surface area contributed by atoms with Gasteiger partial charge in [0.05, 0.1) is 8.81 Å². The second kappa shape index (κ2) is 5.69. The molecule has 0 radical (unpaired) electrons. The van der Waals surface area contributed by atoms with E-state index in [1.54, 1.807) is 17.5 Å². The zero-order valence-electron chi connectivity index (χ0n) is 8.95. The van der Waals surface area contributed by atoms with E-state index in [0.717, 1.165) is 20.6 Å². The molecule has 0 fully saturated rings. The van der Waals surface area contributed by atoms with Gasteiger partial charge in [0.25, 0.3) is 0 Å². The number of thiophene rings is 1. The van der Waals surface area contributed by atoms with E-state index in [4.69, 9.17) is 11.6 Å². The number of pyridine rings is 1. The van der Waals surface area contributed by atoms with Gasteiger partial charge in [-0.3, -0.25) is 0 Å². The first-order valence-electron chi connectivity index (χ1n) is 4.81. The summed E-state index contributed by atoms with van der Waals surface area (Å²) in [6, 6.07) is 3.96. The second-order valence-corrected chi connectivity index (χ2v) is 7.19. The Balaban J connectivity index is 2.17. The van der Waals surface area contributed by atoms with Crippen LogP contribution in [0.15, 0.2) is 32.0 Å². The summed E-state index contributed by atoms with van der Waals surface area (Å²) < 4.78 is 2.02. The van der Waals surface area contributed by atoms with Gasteiger partial charge in [-0.2, -0.15) is 0 Å². The van der Waals surface area contributed by atoms with Gasteiger partial charge in [-0.15, -0.1) is 11.3 Å². The Bertz CT molecular complexity index is 530. The third kappa shape index (κ3) is 3.44.